The molecule has 0 nitrogen and oxygen atoms in total. The molecule has 2 unspecified atom stereocenters. The van der Waals surface area contributed by atoms with Gasteiger partial charge < -0.3 is 0 Å². The largest absolute Gasteiger partial charge is 0.0625 e. The highest BCUT2D eigenvalue weighted by Gasteiger charge is 2.34. The Bertz CT molecular complexity index is 142. The molecule has 0 aliphatic heterocycles. The van der Waals surface area contributed by atoms with E-state index in [4.69, 9.17) is 0 Å². The van der Waals surface area contributed by atoms with Gasteiger partial charge in [0.2, 0.25) is 0 Å². The molecule has 2 aliphatic rings. The van der Waals surface area contributed by atoms with E-state index < -0.39 is 0 Å². The van der Waals surface area contributed by atoms with Gasteiger partial charge in [-0.3, -0.25) is 0 Å². The zero-order valence-electron chi connectivity index (χ0n) is 8.55. The molecule has 0 saturated heterocycles. The highest BCUT2D eigenvalue weighted by atomic mass is 14.4. The van der Waals surface area contributed by atoms with Gasteiger partial charge in [-0.25, -0.2) is 0 Å². The van der Waals surface area contributed by atoms with E-state index in [2.05, 4.69) is 13.8 Å². The lowest BCUT2D eigenvalue weighted by Gasteiger charge is -2.26. The molecule has 0 heteroatoms. The van der Waals surface area contributed by atoms with Gasteiger partial charge in [-0.05, 0) is 36.5 Å². The molecule has 2 fully saturated rings. The SMILES string of the molecule is CC1CCC(CC2CC2C)CC1. The minimum atomic E-state index is 1.03. The van der Waals surface area contributed by atoms with Gasteiger partial charge in [-0.15, -0.1) is 0 Å². The molecule has 0 aromatic heterocycles. The van der Waals surface area contributed by atoms with Crippen LogP contribution in [0.1, 0.15) is 52.4 Å². The molecule has 2 atom stereocenters. The first-order valence-corrected chi connectivity index (χ1v) is 5.75. The second-order valence-corrected chi connectivity index (χ2v) is 5.33. The molecule has 0 aromatic rings. The maximum absolute atomic E-state index is 2.41. The van der Waals surface area contributed by atoms with Crippen LogP contribution in [-0.2, 0) is 0 Å². The Hall–Kier alpha value is 0. The van der Waals surface area contributed by atoms with E-state index in [0.29, 0.717) is 0 Å². The minimum absolute atomic E-state index is 1.03. The Morgan fingerprint density at radius 3 is 2.08 bits per heavy atom. The van der Waals surface area contributed by atoms with Crippen molar-refractivity contribution in [2.24, 2.45) is 23.7 Å². The molecular weight excluding hydrogens is 144 g/mol. The zero-order chi connectivity index (χ0) is 8.55. The van der Waals surface area contributed by atoms with Gasteiger partial charge in [0.1, 0.15) is 0 Å². The van der Waals surface area contributed by atoms with Crippen molar-refractivity contribution < 1.29 is 0 Å². The van der Waals surface area contributed by atoms with Crippen molar-refractivity contribution in [3.8, 4) is 0 Å². The van der Waals surface area contributed by atoms with Crippen molar-refractivity contribution in [2.45, 2.75) is 52.4 Å². The summed E-state index contributed by atoms with van der Waals surface area (Å²) >= 11 is 0. The van der Waals surface area contributed by atoms with Gasteiger partial charge >= 0.3 is 0 Å². The lowest BCUT2D eigenvalue weighted by molar-refractivity contribution is 0.266. The lowest BCUT2D eigenvalue weighted by atomic mass is 9.80. The molecule has 70 valence electrons. The van der Waals surface area contributed by atoms with Crippen LogP contribution in [0.2, 0.25) is 0 Å². The first-order valence-electron chi connectivity index (χ1n) is 5.75. The van der Waals surface area contributed by atoms with Crippen LogP contribution in [-0.4, -0.2) is 0 Å². The molecule has 2 rings (SSSR count). The highest BCUT2D eigenvalue weighted by molar-refractivity contribution is 4.85. The summed E-state index contributed by atoms with van der Waals surface area (Å²) in [5, 5.41) is 0. The Kier molecular flexibility index (Phi) is 2.43. The average Bonchev–Trinajstić information content (AvgIpc) is 2.72. The number of hydrogen-bond acceptors (Lipinski definition) is 0. The number of rotatable bonds is 2. The number of hydrogen-bond donors (Lipinski definition) is 0. The van der Waals surface area contributed by atoms with Crippen LogP contribution in [0.3, 0.4) is 0 Å². The van der Waals surface area contributed by atoms with Crippen LogP contribution in [0.15, 0.2) is 0 Å². The summed E-state index contributed by atoms with van der Waals surface area (Å²) in [5.74, 6) is 4.33. The highest BCUT2D eigenvalue weighted by Crippen LogP contribution is 2.45. The zero-order valence-corrected chi connectivity index (χ0v) is 8.55. The first kappa shape index (κ1) is 8.59. The Balaban J connectivity index is 1.68. The van der Waals surface area contributed by atoms with Gasteiger partial charge in [0.25, 0.3) is 0 Å². The molecule has 0 radical (unpaired) electrons. The standard InChI is InChI=1S/C12H22/c1-9-3-5-11(6-4-9)8-12-7-10(12)2/h9-12H,3-8H2,1-2H3. The summed E-state index contributed by atoms with van der Waals surface area (Å²) in [6, 6.07) is 0. The van der Waals surface area contributed by atoms with Crippen LogP contribution in [0.5, 0.6) is 0 Å². The molecule has 2 aliphatic carbocycles. The third kappa shape index (κ3) is 2.02. The molecule has 12 heavy (non-hydrogen) atoms. The fourth-order valence-corrected chi connectivity index (χ4v) is 2.72. The Morgan fingerprint density at radius 1 is 1.00 bits per heavy atom. The normalized spacial score (nSPS) is 47.5. The predicted octanol–water partition coefficient (Wildman–Crippen LogP) is 3.86. The van der Waals surface area contributed by atoms with Gasteiger partial charge in [-0.1, -0.05) is 39.5 Å². The maximum atomic E-state index is 2.41. The quantitative estimate of drug-likeness (QED) is 0.584. The lowest BCUT2D eigenvalue weighted by Crippen LogP contribution is -2.12. The van der Waals surface area contributed by atoms with Gasteiger partial charge in [0.05, 0.1) is 0 Å². The Labute approximate surface area is 76.7 Å². The molecule has 0 N–H and O–H groups in total. The van der Waals surface area contributed by atoms with Gasteiger partial charge in [0.15, 0.2) is 0 Å². The third-order valence-corrected chi connectivity index (χ3v) is 4.05. The van der Waals surface area contributed by atoms with E-state index >= 15 is 0 Å². The van der Waals surface area contributed by atoms with E-state index in [1.54, 1.807) is 6.42 Å². The molecular formula is C12H22. The summed E-state index contributed by atoms with van der Waals surface area (Å²) in [4.78, 5) is 0. The van der Waals surface area contributed by atoms with Crippen molar-refractivity contribution in [1.82, 2.24) is 0 Å². The third-order valence-electron chi connectivity index (χ3n) is 4.05. The van der Waals surface area contributed by atoms with Crippen LogP contribution < -0.4 is 0 Å². The minimum Gasteiger partial charge on any atom is -0.0625 e. The second kappa shape index (κ2) is 3.40. The molecule has 0 bridgehead atoms. The van der Waals surface area contributed by atoms with E-state index in [0.717, 1.165) is 23.7 Å². The van der Waals surface area contributed by atoms with Crippen LogP contribution >= 0.6 is 0 Å². The predicted molar refractivity (Wildman–Crippen MR) is 53.0 cm³/mol. The van der Waals surface area contributed by atoms with Crippen molar-refractivity contribution in [3.63, 3.8) is 0 Å². The van der Waals surface area contributed by atoms with E-state index in [9.17, 15) is 0 Å². The van der Waals surface area contributed by atoms with Crippen molar-refractivity contribution in [2.75, 3.05) is 0 Å². The summed E-state index contributed by atoms with van der Waals surface area (Å²) in [6.07, 6.45) is 9.17. The molecule has 2 saturated carbocycles. The summed E-state index contributed by atoms with van der Waals surface area (Å²) < 4.78 is 0. The van der Waals surface area contributed by atoms with Crippen molar-refractivity contribution in [3.05, 3.63) is 0 Å². The first-order chi connectivity index (χ1) is 5.75. The van der Waals surface area contributed by atoms with E-state index in [1.807, 2.05) is 0 Å². The Morgan fingerprint density at radius 2 is 1.58 bits per heavy atom. The maximum Gasteiger partial charge on any atom is -0.0383 e. The van der Waals surface area contributed by atoms with E-state index in [1.165, 1.54) is 32.1 Å². The van der Waals surface area contributed by atoms with Gasteiger partial charge in [0, 0.05) is 0 Å². The molecule has 0 heterocycles. The van der Waals surface area contributed by atoms with Crippen molar-refractivity contribution in [1.29, 1.82) is 0 Å². The summed E-state index contributed by atoms with van der Waals surface area (Å²) in [7, 11) is 0. The second-order valence-electron chi connectivity index (χ2n) is 5.33. The van der Waals surface area contributed by atoms with Crippen molar-refractivity contribution >= 4 is 0 Å². The average molecular weight is 166 g/mol. The summed E-state index contributed by atoms with van der Waals surface area (Å²) in [6.45, 7) is 4.83. The van der Waals surface area contributed by atoms with Gasteiger partial charge in [-0.2, -0.15) is 0 Å². The monoisotopic (exact) mass is 166 g/mol. The fourth-order valence-electron chi connectivity index (χ4n) is 2.72. The smallest absolute Gasteiger partial charge is 0.0383 e. The van der Waals surface area contributed by atoms with Crippen LogP contribution in [0.4, 0.5) is 0 Å². The van der Waals surface area contributed by atoms with Crippen LogP contribution in [0, 0.1) is 23.7 Å². The molecule has 0 amide bonds. The van der Waals surface area contributed by atoms with E-state index in [-0.39, 0.29) is 0 Å². The summed E-state index contributed by atoms with van der Waals surface area (Å²) in [5.41, 5.74) is 0. The molecule has 0 aromatic carbocycles. The molecule has 0 spiro atoms. The van der Waals surface area contributed by atoms with Crippen LogP contribution in [0.25, 0.3) is 0 Å². The fraction of sp³-hybridized carbons (Fsp3) is 1.00. The topological polar surface area (TPSA) is 0 Å².